The van der Waals surface area contributed by atoms with Gasteiger partial charge in [0.2, 0.25) is 0 Å². The van der Waals surface area contributed by atoms with Crippen LogP contribution in [0.5, 0.6) is 0 Å². The van der Waals surface area contributed by atoms with Gasteiger partial charge < -0.3 is 20.7 Å². The SMILES string of the molecule is [B]C1OC(CN)C(O)C1O. The summed E-state index contributed by atoms with van der Waals surface area (Å²) < 4.78 is 4.89. The van der Waals surface area contributed by atoms with Crippen LogP contribution < -0.4 is 5.73 Å². The summed E-state index contributed by atoms with van der Waals surface area (Å²) in [6.07, 6.45) is -2.47. The van der Waals surface area contributed by atoms with E-state index >= 15 is 0 Å². The molecule has 4 unspecified atom stereocenters. The molecule has 4 nitrogen and oxygen atoms in total. The van der Waals surface area contributed by atoms with Gasteiger partial charge in [-0.2, -0.15) is 0 Å². The van der Waals surface area contributed by atoms with Crippen LogP contribution >= 0.6 is 0 Å². The molecule has 0 spiro atoms. The number of hydrogen-bond donors (Lipinski definition) is 3. The van der Waals surface area contributed by atoms with Crippen LogP contribution in [0.25, 0.3) is 0 Å². The molecule has 5 heteroatoms. The van der Waals surface area contributed by atoms with Gasteiger partial charge in [-0.25, -0.2) is 0 Å². The zero-order chi connectivity index (χ0) is 7.72. The zero-order valence-electron chi connectivity index (χ0n) is 5.47. The van der Waals surface area contributed by atoms with Crippen LogP contribution in [-0.2, 0) is 4.74 Å². The second kappa shape index (κ2) is 2.88. The van der Waals surface area contributed by atoms with Crippen LogP contribution in [0, 0.1) is 0 Å². The molecule has 0 bridgehead atoms. The van der Waals surface area contributed by atoms with Gasteiger partial charge in [-0.1, -0.05) is 0 Å². The van der Waals surface area contributed by atoms with Crippen LogP contribution in [0.3, 0.4) is 0 Å². The van der Waals surface area contributed by atoms with Crippen LogP contribution in [0.15, 0.2) is 0 Å². The first-order valence-corrected chi connectivity index (χ1v) is 3.14. The van der Waals surface area contributed by atoms with E-state index in [0.29, 0.717) is 0 Å². The van der Waals surface area contributed by atoms with E-state index in [-0.39, 0.29) is 6.54 Å². The van der Waals surface area contributed by atoms with Gasteiger partial charge in [-0.05, 0) is 0 Å². The lowest BCUT2D eigenvalue weighted by Gasteiger charge is -2.11. The van der Waals surface area contributed by atoms with Crippen molar-refractivity contribution >= 4 is 7.85 Å². The maximum Gasteiger partial charge on any atom is 0.112 e. The van der Waals surface area contributed by atoms with Gasteiger partial charge in [0.05, 0.1) is 12.2 Å². The monoisotopic (exact) mass is 143 g/mol. The highest BCUT2D eigenvalue weighted by Crippen LogP contribution is 2.17. The molecule has 2 radical (unpaired) electrons. The molecule has 4 N–H and O–H groups in total. The Hall–Kier alpha value is -0.0951. The summed E-state index contributed by atoms with van der Waals surface area (Å²) in [5, 5.41) is 18.1. The molecule has 10 heavy (non-hydrogen) atoms. The Bertz CT molecular complexity index is 123. The summed E-state index contributed by atoms with van der Waals surface area (Å²) in [6.45, 7) is 0.173. The Morgan fingerprint density at radius 3 is 2.20 bits per heavy atom. The van der Waals surface area contributed by atoms with E-state index in [0.717, 1.165) is 0 Å². The Morgan fingerprint density at radius 1 is 1.40 bits per heavy atom. The lowest BCUT2D eigenvalue weighted by Crippen LogP contribution is -2.35. The van der Waals surface area contributed by atoms with Gasteiger partial charge in [0.1, 0.15) is 14.0 Å². The van der Waals surface area contributed by atoms with Crippen molar-refractivity contribution in [1.82, 2.24) is 0 Å². The molecular weight excluding hydrogens is 133 g/mol. The first kappa shape index (κ1) is 8.01. The molecule has 1 rings (SSSR count). The van der Waals surface area contributed by atoms with Crippen molar-refractivity contribution in [3.8, 4) is 0 Å². The van der Waals surface area contributed by atoms with Gasteiger partial charge in [0.15, 0.2) is 0 Å². The van der Waals surface area contributed by atoms with Crippen molar-refractivity contribution in [2.75, 3.05) is 6.54 Å². The standard InChI is InChI=1S/C5H10BNO3/c6-5-4(9)3(8)2(1-7)10-5/h2-5,8-9H,1,7H2. The Balaban J connectivity index is 2.53. The summed E-state index contributed by atoms with van der Waals surface area (Å²) in [7, 11) is 5.25. The van der Waals surface area contributed by atoms with Crippen molar-refractivity contribution in [3.05, 3.63) is 0 Å². The second-order valence-electron chi connectivity index (χ2n) is 2.36. The number of nitrogens with two attached hydrogens (primary N) is 1. The van der Waals surface area contributed by atoms with Gasteiger partial charge in [-0.3, -0.25) is 0 Å². The molecule has 1 fully saturated rings. The van der Waals surface area contributed by atoms with Gasteiger partial charge in [-0.15, -0.1) is 0 Å². The summed E-state index contributed by atoms with van der Waals surface area (Å²) in [5.74, 6) is 0. The van der Waals surface area contributed by atoms with Gasteiger partial charge in [0, 0.05) is 12.5 Å². The number of hydrogen-bond acceptors (Lipinski definition) is 4. The quantitative estimate of drug-likeness (QED) is 0.356. The van der Waals surface area contributed by atoms with Gasteiger partial charge in [0.25, 0.3) is 0 Å². The fraction of sp³-hybridized carbons (Fsp3) is 1.00. The first-order valence-electron chi connectivity index (χ1n) is 3.14. The molecule has 4 atom stereocenters. The third kappa shape index (κ3) is 1.18. The molecule has 1 heterocycles. The summed E-state index contributed by atoms with van der Waals surface area (Å²) in [4.78, 5) is 0. The highest BCUT2D eigenvalue weighted by molar-refractivity contribution is 6.11. The summed E-state index contributed by atoms with van der Waals surface area (Å²) in [5.41, 5.74) is 5.20. The maximum atomic E-state index is 9.09. The van der Waals surface area contributed by atoms with Crippen molar-refractivity contribution < 1.29 is 14.9 Å². The number of aliphatic hydroxyl groups excluding tert-OH is 2. The predicted octanol–water partition coefficient (Wildman–Crippen LogP) is -2.44. The Kier molecular flexibility index (Phi) is 2.30. The lowest BCUT2D eigenvalue weighted by molar-refractivity contribution is 0.0273. The third-order valence-electron chi connectivity index (χ3n) is 1.63. The first-order chi connectivity index (χ1) is 4.66. The van der Waals surface area contributed by atoms with Crippen molar-refractivity contribution in [1.29, 1.82) is 0 Å². The summed E-state index contributed by atoms with van der Waals surface area (Å²) in [6, 6.07) is -0.802. The molecule has 0 aromatic carbocycles. The minimum atomic E-state index is -1.01. The normalized spacial score (nSPS) is 47.9. The van der Waals surface area contributed by atoms with Crippen LogP contribution in [0.1, 0.15) is 0 Å². The molecule has 1 aliphatic rings. The van der Waals surface area contributed by atoms with Crippen LogP contribution in [0.4, 0.5) is 0 Å². The predicted molar refractivity (Wildman–Crippen MR) is 35.5 cm³/mol. The number of rotatable bonds is 1. The van der Waals surface area contributed by atoms with Crippen molar-refractivity contribution in [2.24, 2.45) is 5.73 Å². The van der Waals surface area contributed by atoms with E-state index in [4.69, 9.17) is 28.5 Å². The molecule has 0 aliphatic carbocycles. The summed E-state index contributed by atoms with van der Waals surface area (Å²) >= 11 is 0. The molecule has 0 saturated carbocycles. The molecule has 1 aliphatic heterocycles. The number of ether oxygens (including phenoxy) is 1. The fourth-order valence-electron chi connectivity index (χ4n) is 0.972. The molecule has 0 aromatic heterocycles. The largest absolute Gasteiger partial charge is 0.388 e. The Labute approximate surface area is 60.4 Å². The smallest absolute Gasteiger partial charge is 0.112 e. The molecule has 1 saturated heterocycles. The minimum absolute atomic E-state index is 0.173. The van der Waals surface area contributed by atoms with Crippen LogP contribution in [-0.4, -0.2) is 48.9 Å². The highest BCUT2D eigenvalue weighted by Gasteiger charge is 2.38. The average Bonchev–Trinajstić information content (AvgIpc) is 2.17. The van der Waals surface area contributed by atoms with E-state index in [1.807, 2.05) is 0 Å². The van der Waals surface area contributed by atoms with E-state index in [9.17, 15) is 0 Å². The highest BCUT2D eigenvalue weighted by atomic mass is 16.5. The second-order valence-corrected chi connectivity index (χ2v) is 2.36. The van der Waals surface area contributed by atoms with Crippen molar-refractivity contribution in [2.45, 2.75) is 24.3 Å². The van der Waals surface area contributed by atoms with E-state index in [2.05, 4.69) is 0 Å². The van der Waals surface area contributed by atoms with Crippen LogP contribution in [0.2, 0.25) is 0 Å². The average molecular weight is 143 g/mol. The van der Waals surface area contributed by atoms with Crippen molar-refractivity contribution in [3.63, 3.8) is 0 Å². The fourth-order valence-corrected chi connectivity index (χ4v) is 0.972. The van der Waals surface area contributed by atoms with E-state index in [1.165, 1.54) is 0 Å². The molecular formula is C5H10BNO3. The maximum absolute atomic E-state index is 9.09. The van der Waals surface area contributed by atoms with E-state index < -0.39 is 24.3 Å². The molecule has 0 amide bonds. The molecule has 56 valence electrons. The van der Waals surface area contributed by atoms with Gasteiger partial charge >= 0.3 is 0 Å². The lowest BCUT2D eigenvalue weighted by atomic mass is 9.93. The Morgan fingerprint density at radius 2 is 2.00 bits per heavy atom. The molecule has 0 aromatic rings. The zero-order valence-corrected chi connectivity index (χ0v) is 5.47. The minimum Gasteiger partial charge on any atom is -0.388 e. The number of aliphatic hydroxyl groups is 2. The van der Waals surface area contributed by atoms with E-state index in [1.54, 1.807) is 0 Å². The third-order valence-corrected chi connectivity index (χ3v) is 1.63. The topological polar surface area (TPSA) is 75.7 Å².